The summed E-state index contributed by atoms with van der Waals surface area (Å²) in [6, 6.07) is 7.61. The number of rotatable bonds is 5. The van der Waals surface area contributed by atoms with Gasteiger partial charge in [-0.2, -0.15) is 5.10 Å². The largest absolute Gasteiger partial charge is 0.357 e. The lowest BCUT2D eigenvalue weighted by molar-refractivity contribution is 0.0963. The van der Waals surface area contributed by atoms with Gasteiger partial charge in [0, 0.05) is 51.4 Å². The van der Waals surface area contributed by atoms with Crippen molar-refractivity contribution in [3.8, 4) is 0 Å². The van der Waals surface area contributed by atoms with Gasteiger partial charge in [0.1, 0.15) is 0 Å². The van der Waals surface area contributed by atoms with Crippen molar-refractivity contribution in [2.24, 2.45) is 12.0 Å². The molecule has 3 rings (SSSR count). The number of carbonyl (C=O) groups excluding carboxylic acids is 1. The lowest BCUT2D eigenvalue weighted by Crippen LogP contribution is -2.40. The van der Waals surface area contributed by atoms with Gasteiger partial charge in [-0.1, -0.05) is 12.1 Å². The maximum absolute atomic E-state index is 11.8. The molecule has 1 fully saturated rings. The first-order chi connectivity index (χ1) is 13.1. The van der Waals surface area contributed by atoms with Crippen LogP contribution in [0.15, 0.2) is 41.7 Å². The van der Waals surface area contributed by atoms with Crippen molar-refractivity contribution in [2.75, 3.05) is 26.7 Å². The van der Waals surface area contributed by atoms with E-state index in [1.54, 1.807) is 7.05 Å². The van der Waals surface area contributed by atoms with Crippen molar-refractivity contribution in [3.05, 3.63) is 53.3 Å². The molecular weight excluding hydrogens is 467 g/mol. The summed E-state index contributed by atoms with van der Waals surface area (Å²) in [6.45, 7) is 5.36. The number of amides is 1. The number of nitrogens with one attached hydrogen (secondary N) is 2. The molecule has 0 bridgehead atoms. The third-order valence-corrected chi connectivity index (χ3v) is 4.85. The van der Waals surface area contributed by atoms with E-state index in [2.05, 4.69) is 33.8 Å². The normalized spacial score (nSPS) is 16.6. The van der Waals surface area contributed by atoms with Crippen LogP contribution in [0.3, 0.4) is 0 Å². The summed E-state index contributed by atoms with van der Waals surface area (Å²) in [5.74, 6) is 1.33. The molecule has 1 amide bonds. The highest BCUT2D eigenvalue weighted by molar-refractivity contribution is 14.0. The third-order valence-electron chi connectivity index (χ3n) is 4.85. The van der Waals surface area contributed by atoms with E-state index >= 15 is 0 Å². The van der Waals surface area contributed by atoms with Crippen LogP contribution in [0.2, 0.25) is 0 Å². The maximum Gasteiger partial charge on any atom is 0.251 e. The van der Waals surface area contributed by atoms with Crippen LogP contribution < -0.4 is 10.6 Å². The lowest BCUT2D eigenvalue weighted by atomic mass is 10.0. The Bertz CT molecular complexity index is 819. The zero-order chi connectivity index (χ0) is 19.2. The predicted molar refractivity (Wildman–Crippen MR) is 122 cm³/mol. The molecule has 0 spiro atoms. The van der Waals surface area contributed by atoms with E-state index in [9.17, 15) is 4.79 Å². The third kappa shape index (κ3) is 5.46. The van der Waals surface area contributed by atoms with Crippen LogP contribution in [0, 0.1) is 0 Å². The van der Waals surface area contributed by atoms with Crippen molar-refractivity contribution >= 4 is 35.8 Å². The van der Waals surface area contributed by atoms with Crippen molar-refractivity contribution in [2.45, 2.75) is 25.8 Å². The summed E-state index contributed by atoms with van der Waals surface area (Å²) in [5, 5.41) is 10.3. The number of aryl methyl sites for hydroxylation is 1. The highest BCUT2D eigenvalue weighted by Crippen LogP contribution is 2.26. The highest BCUT2D eigenvalue weighted by Gasteiger charge is 2.26. The van der Waals surface area contributed by atoms with Gasteiger partial charge in [-0.3, -0.25) is 9.48 Å². The van der Waals surface area contributed by atoms with Crippen LogP contribution in [0.4, 0.5) is 0 Å². The van der Waals surface area contributed by atoms with Gasteiger partial charge in [0.05, 0.1) is 12.7 Å². The van der Waals surface area contributed by atoms with Crippen LogP contribution in [-0.4, -0.2) is 53.2 Å². The van der Waals surface area contributed by atoms with E-state index in [4.69, 9.17) is 4.99 Å². The fraction of sp³-hybridized carbons (Fsp3) is 0.450. The van der Waals surface area contributed by atoms with Crippen LogP contribution in [-0.2, 0) is 13.6 Å². The van der Waals surface area contributed by atoms with Crippen LogP contribution >= 0.6 is 24.0 Å². The fourth-order valence-corrected chi connectivity index (χ4v) is 3.42. The van der Waals surface area contributed by atoms with Gasteiger partial charge < -0.3 is 15.5 Å². The molecule has 7 nitrogen and oxygen atoms in total. The summed E-state index contributed by atoms with van der Waals surface area (Å²) in [6.07, 6.45) is 5.16. The predicted octanol–water partition coefficient (Wildman–Crippen LogP) is 2.35. The summed E-state index contributed by atoms with van der Waals surface area (Å²) < 4.78 is 1.86. The fourth-order valence-electron chi connectivity index (χ4n) is 3.42. The molecule has 1 aliphatic heterocycles. The molecule has 0 saturated carbocycles. The van der Waals surface area contributed by atoms with Gasteiger partial charge in [-0.05, 0) is 36.6 Å². The Balaban J connectivity index is 0.00000280. The lowest BCUT2D eigenvalue weighted by Gasteiger charge is -2.21. The summed E-state index contributed by atoms with van der Waals surface area (Å²) in [4.78, 5) is 18.9. The van der Waals surface area contributed by atoms with E-state index in [0.717, 1.165) is 37.6 Å². The number of guanidine groups is 1. The number of aliphatic imine (C=N–C) groups is 1. The average molecular weight is 496 g/mol. The van der Waals surface area contributed by atoms with E-state index < -0.39 is 0 Å². The van der Waals surface area contributed by atoms with Gasteiger partial charge in [0.15, 0.2) is 5.96 Å². The number of nitrogens with zero attached hydrogens (tertiary/aromatic N) is 4. The SMILES string of the molecule is CCNC(=NCc1cccc(C(=O)NC)c1)N1CCC(c2cnn(C)c2)C1.I. The second-order valence-corrected chi connectivity index (χ2v) is 6.83. The van der Waals surface area contributed by atoms with Crippen molar-refractivity contribution in [3.63, 3.8) is 0 Å². The molecule has 2 N–H and O–H groups in total. The molecule has 152 valence electrons. The topological polar surface area (TPSA) is 74.6 Å². The smallest absolute Gasteiger partial charge is 0.251 e. The first-order valence-corrected chi connectivity index (χ1v) is 9.43. The molecule has 8 heteroatoms. The minimum absolute atomic E-state index is 0. The number of likely N-dealkylation sites (tertiary alicyclic amines) is 1. The molecule has 2 aromatic rings. The molecular formula is C20H29IN6O. The Labute approximate surface area is 183 Å². The zero-order valence-electron chi connectivity index (χ0n) is 16.7. The Kier molecular flexibility index (Phi) is 8.28. The molecule has 1 aliphatic rings. The molecule has 1 atom stereocenters. The molecule has 1 unspecified atom stereocenters. The molecule has 1 saturated heterocycles. The average Bonchev–Trinajstić information content (AvgIpc) is 3.33. The number of hydrogen-bond acceptors (Lipinski definition) is 3. The Morgan fingerprint density at radius 1 is 1.39 bits per heavy atom. The maximum atomic E-state index is 11.8. The number of hydrogen-bond donors (Lipinski definition) is 2. The zero-order valence-corrected chi connectivity index (χ0v) is 19.0. The molecule has 0 radical (unpaired) electrons. The van der Waals surface area contributed by atoms with E-state index in [-0.39, 0.29) is 29.9 Å². The monoisotopic (exact) mass is 496 g/mol. The van der Waals surface area contributed by atoms with Crippen molar-refractivity contribution < 1.29 is 4.79 Å². The molecule has 1 aromatic carbocycles. The number of benzene rings is 1. The van der Waals surface area contributed by atoms with Crippen LogP contribution in [0.25, 0.3) is 0 Å². The van der Waals surface area contributed by atoms with Gasteiger partial charge in [0.25, 0.3) is 5.91 Å². The number of aromatic nitrogens is 2. The summed E-state index contributed by atoms with van der Waals surface area (Å²) in [5.41, 5.74) is 2.97. The quantitative estimate of drug-likeness (QED) is 0.379. The molecule has 28 heavy (non-hydrogen) atoms. The van der Waals surface area contributed by atoms with Gasteiger partial charge in [0.2, 0.25) is 0 Å². The van der Waals surface area contributed by atoms with Gasteiger partial charge >= 0.3 is 0 Å². The minimum atomic E-state index is -0.0772. The van der Waals surface area contributed by atoms with Crippen LogP contribution in [0.1, 0.15) is 40.7 Å². The standard InChI is InChI=1S/C20H28N6O.HI/c1-4-22-20(23-11-15-6-5-7-16(10-15)19(27)21-2)26-9-8-17(14-26)18-12-24-25(3)13-18;/h5-7,10,12-13,17H,4,8-9,11,14H2,1-3H3,(H,21,27)(H,22,23);1H. The minimum Gasteiger partial charge on any atom is -0.357 e. The Morgan fingerprint density at radius 3 is 2.89 bits per heavy atom. The summed E-state index contributed by atoms with van der Waals surface area (Å²) in [7, 11) is 3.59. The van der Waals surface area contributed by atoms with E-state index in [1.165, 1.54) is 5.56 Å². The molecule has 2 heterocycles. The first-order valence-electron chi connectivity index (χ1n) is 9.43. The van der Waals surface area contributed by atoms with E-state index in [1.807, 2.05) is 42.2 Å². The van der Waals surface area contributed by atoms with Crippen molar-refractivity contribution in [1.82, 2.24) is 25.3 Å². The van der Waals surface area contributed by atoms with Crippen LogP contribution in [0.5, 0.6) is 0 Å². The number of carbonyl (C=O) groups is 1. The summed E-state index contributed by atoms with van der Waals surface area (Å²) >= 11 is 0. The first kappa shape index (κ1) is 22.2. The second kappa shape index (κ2) is 10.4. The molecule has 0 aliphatic carbocycles. The highest BCUT2D eigenvalue weighted by atomic mass is 127. The van der Waals surface area contributed by atoms with Crippen molar-refractivity contribution in [1.29, 1.82) is 0 Å². The second-order valence-electron chi connectivity index (χ2n) is 6.83. The number of halogens is 1. The van der Waals surface area contributed by atoms with Gasteiger partial charge in [-0.25, -0.2) is 4.99 Å². The van der Waals surface area contributed by atoms with Gasteiger partial charge in [-0.15, -0.1) is 24.0 Å². The molecule has 1 aromatic heterocycles. The Morgan fingerprint density at radius 2 is 2.21 bits per heavy atom. The van der Waals surface area contributed by atoms with E-state index in [0.29, 0.717) is 18.0 Å². The Hall–Kier alpha value is -2.10.